The lowest BCUT2D eigenvalue weighted by molar-refractivity contribution is -0.127. The highest BCUT2D eigenvalue weighted by molar-refractivity contribution is 7.89. The summed E-state index contributed by atoms with van der Waals surface area (Å²) in [6.07, 6.45) is 1.33. The summed E-state index contributed by atoms with van der Waals surface area (Å²) >= 11 is 0. The van der Waals surface area contributed by atoms with Crippen LogP contribution in [0.2, 0.25) is 0 Å². The first-order chi connectivity index (χ1) is 10.8. The molecule has 1 aliphatic heterocycles. The SMILES string of the molecule is CN(C)C(=O)CN(C)c1ccc(S(=O)(=O)N2CCOCC2)cn1. The molecule has 0 N–H and O–H groups in total. The van der Waals surface area contributed by atoms with Crippen molar-refractivity contribution in [3.63, 3.8) is 0 Å². The predicted molar refractivity (Wildman–Crippen MR) is 85.8 cm³/mol. The summed E-state index contributed by atoms with van der Waals surface area (Å²) in [5.74, 6) is 0.487. The van der Waals surface area contributed by atoms with Crippen molar-refractivity contribution in [2.45, 2.75) is 4.90 Å². The van der Waals surface area contributed by atoms with E-state index < -0.39 is 10.0 Å². The van der Waals surface area contributed by atoms with Crippen molar-refractivity contribution in [3.05, 3.63) is 18.3 Å². The highest BCUT2D eigenvalue weighted by Crippen LogP contribution is 2.18. The standard InChI is InChI=1S/C14H22N4O4S/c1-16(2)14(19)11-17(3)13-5-4-12(10-15-13)23(20,21)18-6-8-22-9-7-18/h4-5,10H,6-9,11H2,1-3H3. The van der Waals surface area contributed by atoms with Crippen molar-refractivity contribution in [2.24, 2.45) is 0 Å². The summed E-state index contributed by atoms with van der Waals surface area (Å²) in [5, 5.41) is 0. The number of hydrogen-bond donors (Lipinski definition) is 0. The monoisotopic (exact) mass is 342 g/mol. The average molecular weight is 342 g/mol. The number of carbonyl (C=O) groups excluding carboxylic acids is 1. The molecule has 0 bridgehead atoms. The van der Waals surface area contributed by atoms with Gasteiger partial charge in [-0.05, 0) is 12.1 Å². The van der Waals surface area contributed by atoms with Crippen molar-refractivity contribution in [2.75, 3.05) is 58.9 Å². The maximum absolute atomic E-state index is 12.5. The molecule has 9 heteroatoms. The van der Waals surface area contributed by atoms with E-state index in [0.29, 0.717) is 32.1 Å². The Bertz CT molecular complexity index is 639. The lowest BCUT2D eigenvalue weighted by atomic mass is 10.4. The second-order valence-corrected chi connectivity index (χ2v) is 7.45. The molecule has 1 saturated heterocycles. The largest absolute Gasteiger partial charge is 0.379 e. The lowest BCUT2D eigenvalue weighted by Gasteiger charge is -2.26. The molecule has 23 heavy (non-hydrogen) atoms. The second-order valence-electron chi connectivity index (χ2n) is 5.51. The zero-order valence-corrected chi connectivity index (χ0v) is 14.4. The van der Waals surface area contributed by atoms with Crippen LogP contribution in [0.25, 0.3) is 0 Å². The molecule has 0 atom stereocenters. The van der Waals surface area contributed by atoms with Crippen LogP contribution in [0, 0.1) is 0 Å². The molecule has 2 rings (SSSR count). The van der Waals surface area contributed by atoms with E-state index in [2.05, 4.69) is 4.98 Å². The summed E-state index contributed by atoms with van der Waals surface area (Å²) in [5.41, 5.74) is 0. The van der Waals surface area contributed by atoms with Crippen molar-refractivity contribution >= 4 is 21.7 Å². The Morgan fingerprint density at radius 3 is 2.43 bits per heavy atom. The molecule has 1 aliphatic rings. The van der Waals surface area contributed by atoms with Gasteiger partial charge in [-0.25, -0.2) is 13.4 Å². The molecular formula is C14H22N4O4S. The third-order valence-electron chi connectivity index (χ3n) is 3.59. The topological polar surface area (TPSA) is 83.1 Å². The van der Waals surface area contributed by atoms with Crippen LogP contribution in [0.5, 0.6) is 0 Å². The number of rotatable bonds is 5. The minimum atomic E-state index is -3.54. The number of anilines is 1. The molecule has 8 nitrogen and oxygen atoms in total. The molecule has 0 radical (unpaired) electrons. The van der Waals surface area contributed by atoms with Gasteiger partial charge in [0.15, 0.2) is 0 Å². The molecule has 0 aliphatic carbocycles. The summed E-state index contributed by atoms with van der Waals surface area (Å²) in [6.45, 7) is 1.68. The van der Waals surface area contributed by atoms with Crippen LogP contribution in [0.3, 0.4) is 0 Å². The van der Waals surface area contributed by atoms with E-state index in [-0.39, 0.29) is 17.3 Å². The first kappa shape index (κ1) is 17.6. The number of sulfonamides is 1. The zero-order valence-electron chi connectivity index (χ0n) is 13.6. The Balaban J connectivity index is 2.11. The number of pyridine rings is 1. The fraction of sp³-hybridized carbons (Fsp3) is 0.571. The molecule has 1 aromatic heterocycles. The van der Waals surface area contributed by atoms with Crippen molar-refractivity contribution < 1.29 is 17.9 Å². The smallest absolute Gasteiger partial charge is 0.244 e. The Hall–Kier alpha value is -1.71. The maximum Gasteiger partial charge on any atom is 0.244 e. The molecule has 128 valence electrons. The van der Waals surface area contributed by atoms with E-state index >= 15 is 0 Å². The van der Waals surface area contributed by atoms with Gasteiger partial charge >= 0.3 is 0 Å². The quantitative estimate of drug-likeness (QED) is 0.726. The Morgan fingerprint density at radius 1 is 1.26 bits per heavy atom. The fourth-order valence-corrected chi connectivity index (χ4v) is 3.47. The summed E-state index contributed by atoms with van der Waals surface area (Å²) in [4.78, 5) is 19.2. The Labute approximate surface area is 136 Å². The van der Waals surface area contributed by atoms with Crippen LogP contribution in [0.15, 0.2) is 23.2 Å². The number of aromatic nitrogens is 1. The molecule has 1 fully saturated rings. The summed E-state index contributed by atoms with van der Waals surface area (Å²) in [6, 6.07) is 3.13. The van der Waals surface area contributed by atoms with Crippen LogP contribution < -0.4 is 4.90 Å². The molecule has 0 aromatic carbocycles. The minimum absolute atomic E-state index is 0.0562. The van der Waals surface area contributed by atoms with Gasteiger partial charge in [-0.1, -0.05) is 0 Å². The average Bonchev–Trinajstić information content (AvgIpc) is 2.55. The first-order valence-corrected chi connectivity index (χ1v) is 8.71. The van der Waals surface area contributed by atoms with Crippen LogP contribution >= 0.6 is 0 Å². The number of carbonyl (C=O) groups is 1. The van der Waals surface area contributed by atoms with Gasteiger partial charge < -0.3 is 14.5 Å². The van der Waals surface area contributed by atoms with Gasteiger partial charge in [0.1, 0.15) is 10.7 Å². The van der Waals surface area contributed by atoms with E-state index in [0.717, 1.165) is 0 Å². The lowest BCUT2D eigenvalue weighted by Crippen LogP contribution is -2.40. The van der Waals surface area contributed by atoms with Gasteiger partial charge in [0.05, 0.1) is 19.8 Å². The predicted octanol–water partition coefficient (Wildman–Crippen LogP) is -0.373. The molecule has 2 heterocycles. The minimum Gasteiger partial charge on any atom is -0.379 e. The number of likely N-dealkylation sites (N-methyl/N-ethyl adjacent to an activating group) is 2. The van der Waals surface area contributed by atoms with Crippen molar-refractivity contribution in [1.82, 2.24) is 14.2 Å². The van der Waals surface area contributed by atoms with Gasteiger partial charge in [-0.15, -0.1) is 0 Å². The number of morpholine rings is 1. The number of amides is 1. The molecule has 1 aromatic rings. The van der Waals surface area contributed by atoms with Gasteiger partial charge in [-0.2, -0.15) is 4.31 Å². The molecule has 0 unspecified atom stereocenters. The first-order valence-electron chi connectivity index (χ1n) is 7.27. The van der Waals surface area contributed by atoms with Gasteiger partial charge in [0.2, 0.25) is 15.9 Å². The number of hydrogen-bond acceptors (Lipinski definition) is 6. The molecule has 0 spiro atoms. The molecular weight excluding hydrogens is 320 g/mol. The van der Waals surface area contributed by atoms with Crippen LogP contribution in [0.1, 0.15) is 0 Å². The number of ether oxygens (including phenoxy) is 1. The van der Waals surface area contributed by atoms with Crippen LogP contribution in [-0.2, 0) is 19.6 Å². The van der Waals surface area contributed by atoms with Crippen LogP contribution in [-0.4, -0.2) is 82.5 Å². The van der Waals surface area contributed by atoms with Gasteiger partial charge in [0.25, 0.3) is 0 Å². The second kappa shape index (κ2) is 7.24. The van der Waals surface area contributed by atoms with Crippen molar-refractivity contribution in [3.8, 4) is 0 Å². The van der Waals surface area contributed by atoms with Gasteiger partial charge in [-0.3, -0.25) is 4.79 Å². The third-order valence-corrected chi connectivity index (χ3v) is 5.47. The normalized spacial score (nSPS) is 16.1. The maximum atomic E-state index is 12.5. The molecule has 1 amide bonds. The van der Waals surface area contributed by atoms with E-state index in [4.69, 9.17) is 4.74 Å². The summed E-state index contributed by atoms with van der Waals surface area (Å²) < 4.78 is 31.6. The fourth-order valence-electron chi connectivity index (χ4n) is 2.11. The molecule has 0 saturated carbocycles. The highest BCUT2D eigenvalue weighted by Gasteiger charge is 2.26. The Morgan fingerprint density at radius 2 is 1.91 bits per heavy atom. The van der Waals surface area contributed by atoms with Gasteiger partial charge in [0, 0.05) is 40.4 Å². The third kappa shape index (κ3) is 4.18. The zero-order chi connectivity index (χ0) is 17.0. The van der Waals surface area contributed by atoms with Crippen molar-refractivity contribution in [1.29, 1.82) is 0 Å². The Kier molecular flexibility index (Phi) is 5.55. The number of nitrogens with zero attached hydrogens (tertiary/aromatic N) is 4. The van der Waals surface area contributed by atoms with E-state index in [9.17, 15) is 13.2 Å². The van der Waals surface area contributed by atoms with E-state index in [1.807, 2.05) is 0 Å². The van der Waals surface area contributed by atoms with Crippen LogP contribution in [0.4, 0.5) is 5.82 Å². The highest BCUT2D eigenvalue weighted by atomic mass is 32.2. The van der Waals surface area contributed by atoms with E-state index in [1.54, 1.807) is 32.1 Å². The summed E-state index contributed by atoms with van der Waals surface area (Å²) in [7, 11) is 1.56. The van der Waals surface area contributed by atoms with E-state index in [1.165, 1.54) is 21.5 Å².